The second-order valence-electron chi connectivity index (χ2n) is 9.00. The standard InChI is InChI=1S/C27H25N3O10/c31-22-9-10-23(32)38-26(35,20(36-22)18-29-14-16-30(17-15-29)21-8-4-5-13-28-21)27(37-19-6-2-1-3-7-19)39-24(33)11-12-25(34)40-27/h1-13,20,35H,14-18H2/b10-9-. The number of carbonyl (C=O) groups is 4. The Morgan fingerprint density at radius 2 is 1.40 bits per heavy atom. The lowest BCUT2D eigenvalue weighted by molar-refractivity contribution is -0.445. The van der Waals surface area contributed by atoms with E-state index in [2.05, 4.69) is 9.88 Å². The summed E-state index contributed by atoms with van der Waals surface area (Å²) in [6.45, 7) is 1.71. The number of aliphatic hydroxyl groups is 1. The molecule has 208 valence electrons. The molecule has 40 heavy (non-hydrogen) atoms. The number of ether oxygens (including phenoxy) is 5. The maximum absolute atomic E-state index is 12.7. The van der Waals surface area contributed by atoms with Gasteiger partial charge in [-0.2, -0.15) is 0 Å². The quantitative estimate of drug-likeness (QED) is 0.387. The zero-order chi connectivity index (χ0) is 28.2. The number of nitrogens with zero attached hydrogens (tertiary/aromatic N) is 3. The minimum Gasteiger partial charge on any atom is -0.450 e. The summed E-state index contributed by atoms with van der Waals surface area (Å²) < 4.78 is 27.3. The highest BCUT2D eigenvalue weighted by atomic mass is 16.9. The van der Waals surface area contributed by atoms with Crippen molar-refractivity contribution in [2.75, 3.05) is 37.6 Å². The number of benzene rings is 1. The predicted molar refractivity (Wildman–Crippen MR) is 134 cm³/mol. The van der Waals surface area contributed by atoms with Crippen molar-refractivity contribution in [3.63, 3.8) is 0 Å². The molecule has 2 unspecified atom stereocenters. The Labute approximate surface area is 228 Å². The number of para-hydroxylation sites is 1. The lowest BCUT2D eigenvalue weighted by Crippen LogP contribution is -2.72. The molecule has 1 aromatic carbocycles. The van der Waals surface area contributed by atoms with E-state index in [0.29, 0.717) is 32.3 Å². The van der Waals surface area contributed by atoms with Crippen molar-refractivity contribution in [3.05, 3.63) is 79.0 Å². The Balaban J connectivity index is 1.49. The fourth-order valence-electron chi connectivity index (χ4n) is 4.40. The first-order valence-electron chi connectivity index (χ1n) is 12.4. The zero-order valence-corrected chi connectivity index (χ0v) is 21.1. The fourth-order valence-corrected chi connectivity index (χ4v) is 4.40. The van der Waals surface area contributed by atoms with Gasteiger partial charge in [0.2, 0.25) is 0 Å². The number of pyridine rings is 1. The Kier molecular flexibility index (Phi) is 7.49. The monoisotopic (exact) mass is 551 g/mol. The van der Waals surface area contributed by atoms with Crippen LogP contribution in [0, 0.1) is 0 Å². The van der Waals surface area contributed by atoms with E-state index in [-0.39, 0.29) is 12.3 Å². The van der Waals surface area contributed by atoms with Gasteiger partial charge in [0.15, 0.2) is 6.10 Å². The van der Waals surface area contributed by atoms with E-state index in [1.54, 1.807) is 24.4 Å². The number of carbonyl (C=O) groups excluding carboxylic acids is 4. The minimum atomic E-state index is -3.16. The van der Waals surface area contributed by atoms with Crippen LogP contribution in [0.3, 0.4) is 0 Å². The van der Waals surface area contributed by atoms with Crippen LogP contribution in [0.5, 0.6) is 5.75 Å². The van der Waals surface area contributed by atoms with Gasteiger partial charge in [-0.25, -0.2) is 24.2 Å². The lowest BCUT2D eigenvalue weighted by Gasteiger charge is -2.45. The van der Waals surface area contributed by atoms with E-state index < -0.39 is 41.7 Å². The molecule has 0 saturated carbocycles. The normalized spacial score (nSPS) is 25.8. The van der Waals surface area contributed by atoms with Crippen molar-refractivity contribution in [2.24, 2.45) is 0 Å². The van der Waals surface area contributed by atoms with Gasteiger partial charge in [0.25, 0.3) is 0 Å². The van der Waals surface area contributed by atoms with Gasteiger partial charge in [-0.05, 0) is 24.3 Å². The number of hydrogen-bond donors (Lipinski definition) is 1. The summed E-state index contributed by atoms with van der Waals surface area (Å²) in [5.41, 5.74) is 0. The van der Waals surface area contributed by atoms with Crippen LogP contribution in [-0.2, 0) is 38.1 Å². The van der Waals surface area contributed by atoms with Gasteiger partial charge in [0.1, 0.15) is 11.6 Å². The molecule has 0 aliphatic carbocycles. The molecule has 0 spiro atoms. The van der Waals surface area contributed by atoms with Crippen molar-refractivity contribution in [3.8, 4) is 5.75 Å². The van der Waals surface area contributed by atoms with Crippen molar-refractivity contribution in [2.45, 2.75) is 17.9 Å². The van der Waals surface area contributed by atoms with Crippen LogP contribution < -0.4 is 9.64 Å². The first kappa shape index (κ1) is 26.8. The highest BCUT2D eigenvalue weighted by Crippen LogP contribution is 2.39. The Bertz CT molecular complexity index is 1300. The van der Waals surface area contributed by atoms with Crippen molar-refractivity contribution in [1.29, 1.82) is 0 Å². The van der Waals surface area contributed by atoms with Crippen LogP contribution in [0.2, 0.25) is 0 Å². The third-order valence-electron chi connectivity index (χ3n) is 6.34. The maximum atomic E-state index is 12.7. The molecular weight excluding hydrogens is 526 g/mol. The molecule has 13 heteroatoms. The summed E-state index contributed by atoms with van der Waals surface area (Å²) in [6, 6.07) is 13.2. The van der Waals surface area contributed by atoms with Crippen molar-refractivity contribution < 1.29 is 48.0 Å². The molecule has 3 aliphatic heterocycles. The average molecular weight is 552 g/mol. The number of rotatable bonds is 6. The number of esters is 4. The molecular formula is C27H25N3O10. The molecule has 1 aromatic heterocycles. The SMILES string of the molecule is O=C1C=CC(=O)OC(Oc2ccccc2)(C2(O)OC(=O)/C=C\C(=O)OC2CN2CCN(c3ccccn3)CC2)O1. The van der Waals surface area contributed by atoms with Crippen molar-refractivity contribution in [1.82, 2.24) is 9.88 Å². The Morgan fingerprint density at radius 1 is 0.800 bits per heavy atom. The molecule has 1 saturated heterocycles. The second-order valence-corrected chi connectivity index (χ2v) is 9.00. The molecule has 13 nitrogen and oxygen atoms in total. The first-order chi connectivity index (χ1) is 19.3. The molecule has 1 N–H and O–H groups in total. The molecule has 0 bridgehead atoms. The van der Waals surface area contributed by atoms with Crippen molar-refractivity contribution >= 4 is 29.7 Å². The van der Waals surface area contributed by atoms with Crippen LogP contribution in [0.1, 0.15) is 0 Å². The largest absolute Gasteiger partial charge is 0.496 e. The number of piperazine rings is 1. The summed E-state index contributed by atoms with van der Waals surface area (Å²) in [7, 11) is 0. The first-order valence-corrected chi connectivity index (χ1v) is 12.4. The summed E-state index contributed by atoms with van der Waals surface area (Å²) >= 11 is 0. The molecule has 4 heterocycles. The van der Waals surface area contributed by atoms with Gasteiger partial charge in [-0.3, -0.25) is 4.90 Å². The number of aromatic nitrogens is 1. The van der Waals surface area contributed by atoms with Gasteiger partial charge in [0.05, 0.1) is 0 Å². The average Bonchev–Trinajstić information content (AvgIpc) is 3.10. The van der Waals surface area contributed by atoms with Gasteiger partial charge >= 0.3 is 35.6 Å². The molecule has 1 fully saturated rings. The Hall–Kier alpha value is -4.75. The highest BCUT2D eigenvalue weighted by Gasteiger charge is 2.71. The molecule has 3 aliphatic rings. The Morgan fingerprint density at radius 3 is 2.02 bits per heavy atom. The summed E-state index contributed by atoms with van der Waals surface area (Å²) in [5, 5.41) is 12.1. The molecule has 0 radical (unpaired) electrons. The van der Waals surface area contributed by atoms with Crippen LogP contribution in [0.15, 0.2) is 79.0 Å². The van der Waals surface area contributed by atoms with E-state index >= 15 is 0 Å². The molecule has 0 amide bonds. The predicted octanol–water partition coefficient (Wildman–Crippen LogP) is 0.306. The van der Waals surface area contributed by atoms with E-state index in [0.717, 1.165) is 24.0 Å². The molecule has 2 aromatic rings. The molecule has 2 atom stereocenters. The van der Waals surface area contributed by atoms with Crippen LogP contribution in [0.25, 0.3) is 0 Å². The van der Waals surface area contributed by atoms with E-state index in [4.69, 9.17) is 23.7 Å². The van der Waals surface area contributed by atoms with E-state index in [1.165, 1.54) is 12.1 Å². The van der Waals surface area contributed by atoms with E-state index in [9.17, 15) is 24.3 Å². The van der Waals surface area contributed by atoms with Gasteiger partial charge in [0, 0.05) is 63.2 Å². The van der Waals surface area contributed by atoms with Gasteiger partial charge in [-0.1, -0.05) is 24.3 Å². The van der Waals surface area contributed by atoms with Crippen LogP contribution in [-0.4, -0.2) is 89.5 Å². The topological polar surface area (TPSA) is 154 Å². The second kappa shape index (κ2) is 11.2. The third kappa shape index (κ3) is 5.65. The maximum Gasteiger partial charge on any atom is 0.496 e. The number of hydrogen-bond acceptors (Lipinski definition) is 13. The fraction of sp³-hybridized carbons (Fsp3) is 0.296. The number of anilines is 1. The van der Waals surface area contributed by atoms with E-state index in [1.807, 2.05) is 23.1 Å². The highest BCUT2D eigenvalue weighted by molar-refractivity contribution is 5.94. The van der Waals surface area contributed by atoms with Crippen LogP contribution >= 0.6 is 0 Å². The van der Waals surface area contributed by atoms with Gasteiger partial charge in [-0.15, -0.1) is 0 Å². The third-order valence-corrected chi connectivity index (χ3v) is 6.34. The summed E-state index contributed by atoms with van der Waals surface area (Å²) in [6.07, 6.45) is 2.98. The summed E-state index contributed by atoms with van der Waals surface area (Å²) in [5.74, 6) is -10.0. The lowest BCUT2D eigenvalue weighted by atomic mass is 10.0. The smallest absolute Gasteiger partial charge is 0.450 e. The van der Waals surface area contributed by atoms with Gasteiger partial charge < -0.3 is 33.7 Å². The number of cyclic esters (lactones) is 4. The minimum absolute atomic E-state index is 0.0267. The van der Waals surface area contributed by atoms with Crippen LogP contribution in [0.4, 0.5) is 5.82 Å². The summed E-state index contributed by atoms with van der Waals surface area (Å²) in [4.78, 5) is 58.6. The molecule has 5 rings (SSSR count). The zero-order valence-electron chi connectivity index (χ0n) is 21.1.